The Bertz CT molecular complexity index is 490. The summed E-state index contributed by atoms with van der Waals surface area (Å²) in [4.78, 5) is 17.0. The van der Waals surface area contributed by atoms with Gasteiger partial charge < -0.3 is 10.3 Å². The molecule has 3 rings (SSSR count). The fraction of sp³-hybridized carbons (Fsp3) is 0.615. The number of piperazine rings is 1. The molecule has 0 saturated carbocycles. The smallest absolute Gasteiger partial charge is 0.274 e. The van der Waals surface area contributed by atoms with Gasteiger partial charge in [-0.25, -0.2) is 5.84 Å². The number of amides is 1. The normalized spacial score (nSPS) is 26.4. The molecule has 1 amide bonds. The molecule has 2 aliphatic rings. The summed E-state index contributed by atoms with van der Waals surface area (Å²) in [7, 11) is 0. The van der Waals surface area contributed by atoms with Gasteiger partial charge in [0.05, 0.1) is 0 Å². The zero-order valence-electron chi connectivity index (χ0n) is 11.6. The van der Waals surface area contributed by atoms with Gasteiger partial charge in [-0.05, 0) is 38.4 Å². The highest BCUT2D eigenvalue weighted by Gasteiger charge is 2.37. The Morgan fingerprint density at radius 2 is 2.25 bits per heavy atom. The summed E-state index contributed by atoms with van der Waals surface area (Å²) < 4.78 is 0. The van der Waals surface area contributed by atoms with Crippen LogP contribution in [0.1, 0.15) is 30.3 Å². The van der Waals surface area contributed by atoms with Crippen molar-refractivity contribution in [2.75, 3.05) is 25.1 Å². The van der Waals surface area contributed by atoms with Crippen molar-refractivity contribution >= 4 is 11.7 Å². The summed E-state index contributed by atoms with van der Waals surface area (Å²) in [5.74, 6) is 5.66. The van der Waals surface area contributed by atoms with Crippen LogP contribution in [-0.4, -0.2) is 57.6 Å². The number of nitrogens with one attached hydrogen (secondary N) is 1. The predicted molar refractivity (Wildman–Crippen MR) is 74.9 cm³/mol. The highest BCUT2D eigenvalue weighted by atomic mass is 16.2. The van der Waals surface area contributed by atoms with Crippen molar-refractivity contribution in [1.82, 2.24) is 20.0 Å². The zero-order chi connectivity index (χ0) is 14.1. The van der Waals surface area contributed by atoms with Gasteiger partial charge in [0.1, 0.15) is 0 Å². The molecule has 2 aliphatic heterocycles. The van der Waals surface area contributed by atoms with E-state index in [2.05, 4.69) is 27.4 Å². The van der Waals surface area contributed by atoms with Crippen LogP contribution in [0.4, 0.5) is 5.82 Å². The SMILES string of the molecule is CC1CN2CCCC2CN1C(=O)c1ccc(NN)nn1. The first-order valence-corrected chi connectivity index (χ1v) is 7.04. The number of carbonyl (C=O) groups excluding carboxylic acids is 1. The standard InChI is InChI=1S/C13H20N6O/c1-9-7-18-6-2-3-10(18)8-19(9)13(20)11-4-5-12(15-14)17-16-11/h4-5,9-10H,2-3,6-8,14H2,1H3,(H,15,17). The third kappa shape index (κ3) is 2.34. The van der Waals surface area contributed by atoms with Gasteiger partial charge in [0, 0.05) is 25.2 Å². The monoisotopic (exact) mass is 276 g/mol. The van der Waals surface area contributed by atoms with Crippen molar-refractivity contribution < 1.29 is 4.79 Å². The lowest BCUT2D eigenvalue weighted by Gasteiger charge is -2.42. The number of hydrazine groups is 1. The summed E-state index contributed by atoms with van der Waals surface area (Å²) in [6.07, 6.45) is 2.41. The van der Waals surface area contributed by atoms with E-state index in [0.717, 1.165) is 19.6 Å². The van der Waals surface area contributed by atoms with E-state index in [-0.39, 0.29) is 11.9 Å². The molecule has 3 heterocycles. The Balaban J connectivity index is 1.75. The van der Waals surface area contributed by atoms with Crippen LogP contribution < -0.4 is 11.3 Å². The van der Waals surface area contributed by atoms with Gasteiger partial charge >= 0.3 is 0 Å². The van der Waals surface area contributed by atoms with Crippen LogP contribution in [0.2, 0.25) is 0 Å². The van der Waals surface area contributed by atoms with Gasteiger partial charge in [-0.15, -0.1) is 10.2 Å². The minimum absolute atomic E-state index is 0.0416. The van der Waals surface area contributed by atoms with Gasteiger partial charge in [0.2, 0.25) is 0 Å². The number of rotatable bonds is 2. The van der Waals surface area contributed by atoms with Crippen molar-refractivity contribution in [2.24, 2.45) is 5.84 Å². The van der Waals surface area contributed by atoms with E-state index in [1.807, 2.05) is 4.90 Å². The Hall–Kier alpha value is -1.73. The fourth-order valence-corrected chi connectivity index (χ4v) is 3.14. The van der Waals surface area contributed by atoms with E-state index in [0.29, 0.717) is 17.6 Å². The van der Waals surface area contributed by atoms with Crippen LogP contribution >= 0.6 is 0 Å². The molecular weight excluding hydrogens is 256 g/mol. The molecule has 0 radical (unpaired) electrons. The first-order chi connectivity index (χ1) is 9.69. The van der Waals surface area contributed by atoms with E-state index in [9.17, 15) is 4.79 Å². The van der Waals surface area contributed by atoms with Crippen LogP contribution in [0, 0.1) is 0 Å². The lowest BCUT2D eigenvalue weighted by molar-refractivity contribution is 0.0389. The molecule has 2 fully saturated rings. The number of aromatic nitrogens is 2. The first-order valence-electron chi connectivity index (χ1n) is 7.04. The third-order valence-electron chi connectivity index (χ3n) is 4.23. The highest BCUT2D eigenvalue weighted by molar-refractivity contribution is 5.92. The summed E-state index contributed by atoms with van der Waals surface area (Å²) >= 11 is 0. The van der Waals surface area contributed by atoms with E-state index >= 15 is 0 Å². The second kappa shape index (κ2) is 5.34. The minimum atomic E-state index is -0.0416. The molecule has 7 heteroatoms. The third-order valence-corrected chi connectivity index (χ3v) is 4.23. The Kier molecular flexibility index (Phi) is 3.54. The van der Waals surface area contributed by atoms with Crippen LogP contribution in [0.25, 0.3) is 0 Å². The van der Waals surface area contributed by atoms with Gasteiger partial charge in [-0.1, -0.05) is 0 Å². The number of anilines is 1. The zero-order valence-corrected chi connectivity index (χ0v) is 11.6. The number of hydrogen-bond acceptors (Lipinski definition) is 6. The quantitative estimate of drug-likeness (QED) is 0.587. The Morgan fingerprint density at radius 3 is 2.95 bits per heavy atom. The van der Waals surface area contributed by atoms with E-state index < -0.39 is 0 Å². The number of hydrogen-bond donors (Lipinski definition) is 2. The van der Waals surface area contributed by atoms with Crippen molar-refractivity contribution in [3.63, 3.8) is 0 Å². The molecule has 3 N–H and O–H groups in total. The predicted octanol–water partition coefficient (Wildman–Crippen LogP) is 0.0709. The molecule has 0 aromatic carbocycles. The summed E-state index contributed by atoms with van der Waals surface area (Å²) in [5, 5.41) is 7.81. The average Bonchev–Trinajstić information content (AvgIpc) is 2.93. The van der Waals surface area contributed by atoms with Crippen LogP contribution in [0.15, 0.2) is 12.1 Å². The maximum Gasteiger partial charge on any atom is 0.274 e. The number of nitrogens with two attached hydrogens (primary N) is 1. The molecule has 108 valence electrons. The molecule has 20 heavy (non-hydrogen) atoms. The molecule has 2 saturated heterocycles. The molecule has 1 aromatic heterocycles. The topological polar surface area (TPSA) is 87.4 Å². The van der Waals surface area contributed by atoms with E-state index in [1.54, 1.807) is 12.1 Å². The molecule has 2 unspecified atom stereocenters. The highest BCUT2D eigenvalue weighted by Crippen LogP contribution is 2.25. The van der Waals surface area contributed by atoms with Gasteiger partial charge in [0.25, 0.3) is 5.91 Å². The van der Waals surface area contributed by atoms with Crippen molar-refractivity contribution in [2.45, 2.75) is 31.8 Å². The number of nitrogen functional groups attached to an aromatic ring is 1. The Labute approximate surface area is 118 Å². The maximum absolute atomic E-state index is 12.6. The lowest BCUT2D eigenvalue weighted by Crippen LogP contribution is -2.56. The molecule has 0 bridgehead atoms. The van der Waals surface area contributed by atoms with Crippen molar-refractivity contribution in [3.8, 4) is 0 Å². The van der Waals surface area contributed by atoms with E-state index in [4.69, 9.17) is 5.84 Å². The molecule has 0 spiro atoms. The lowest BCUT2D eigenvalue weighted by atomic mass is 10.1. The van der Waals surface area contributed by atoms with E-state index in [1.165, 1.54) is 12.8 Å². The van der Waals surface area contributed by atoms with Crippen molar-refractivity contribution in [3.05, 3.63) is 17.8 Å². The first kappa shape index (κ1) is 13.3. The minimum Gasteiger partial charge on any atom is -0.332 e. The molecule has 2 atom stereocenters. The average molecular weight is 276 g/mol. The van der Waals surface area contributed by atoms with Gasteiger partial charge in [-0.2, -0.15) is 0 Å². The molecular formula is C13H20N6O. The van der Waals surface area contributed by atoms with Crippen LogP contribution in [-0.2, 0) is 0 Å². The molecule has 7 nitrogen and oxygen atoms in total. The summed E-state index contributed by atoms with van der Waals surface area (Å²) in [6, 6.07) is 4.05. The van der Waals surface area contributed by atoms with Crippen LogP contribution in [0.5, 0.6) is 0 Å². The fourth-order valence-electron chi connectivity index (χ4n) is 3.14. The van der Waals surface area contributed by atoms with Crippen molar-refractivity contribution in [1.29, 1.82) is 0 Å². The second-order valence-corrected chi connectivity index (χ2v) is 5.55. The van der Waals surface area contributed by atoms with Gasteiger partial charge in [0.15, 0.2) is 11.5 Å². The number of fused-ring (bicyclic) bond motifs is 1. The van der Waals surface area contributed by atoms with Crippen LogP contribution in [0.3, 0.4) is 0 Å². The Morgan fingerprint density at radius 1 is 1.40 bits per heavy atom. The molecule has 0 aliphatic carbocycles. The maximum atomic E-state index is 12.6. The second-order valence-electron chi connectivity index (χ2n) is 5.55. The summed E-state index contributed by atoms with van der Waals surface area (Å²) in [6.45, 7) is 4.99. The summed E-state index contributed by atoms with van der Waals surface area (Å²) in [5.41, 5.74) is 2.78. The van der Waals surface area contributed by atoms with Gasteiger partial charge in [-0.3, -0.25) is 9.69 Å². The number of carbonyl (C=O) groups is 1. The largest absolute Gasteiger partial charge is 0.332 e. The molecule has 1 aromatic rings. The number of nitrogens with zero attached hydrogens (tertiary/aromatic N) is 4.